The van der Waals surface area contributed by atoms with Crippen LogP contribution in [-0.4, -0.2) is 19.4 Å². The molecule has 0 fully saturated rings. The van der Waals surface area contributed by atoms with Crippen molar-refractivity contribution in [2.45, 2.75) is 50.8 Å². The zero-order valence-corrected chi connectivity index (χ0v) is 13.3. The summed E-state index contributed by atoms with van der Waals surface area (Å²) in [7, 11) is -3.21. The van der Waals surface area contributed by atoms with Crippen LogP contribution in [0, 0.1) is 0 Å². The molecule has 2 unspecified atom stereocenters. The van der Waals surface area contributed by atoms with E-state index in [-0.39, 0.29) is 0 Å². The van der Waals surface area contributed by atoms with E-state index in [0.29, 0.717) is 5.92 Å². The molecule has 3 nitrogen and oxygen atoms in total. The molecule has 4 heteroatoms. The van der Waals surface area contributed by atoms with Crippen molar-refractivity contribution in [2.75, 3.05) is 6.26 Å². The first kappa shape index (κ1) is 16.2. The average Bonchev–Trinajstić information content (AvgIpc) is 2.35. The third-order valence-corrected chi connectivity index (χ3v) is 6.35. The van der Waals surface area contributed by atoms with Crippen LogP contribution in [0.2, 0.25) is 0 Å². The first-order valence-corrected chi connectivity index (χ1v) is 8.55. The van der Waals surface area contributed by atoms with Crippen LogP contribution in [0.25, 0.3) is 0 Å². The molecule has 0 amide bonds. The zero-order valence-electron chi connectivity index (χ0n) is 12.5. The number of nitrogens with two attached hydrogens (primary N) is 1. The standard InChI is InChI=1S/C15H25NO2S/c1-6-11(2)12-7-9-13(10-8-12)14(16)15(3,4)19(5,17)18/h7-11,14H,6,16H2,1-5H3. The maximum absolute atomic E-state index is 11.8. The molecule has 0 spiro atoms. The molecule has 0 heterocycles. The van der Waals surface area contributed by atoms with E-state index in [1.54, 1.807) is 13.8 Å². The van der Waals surface area contributed by atoms with Crippen molar-refractivity contribution in [3.8, 4) is 0 Å². The van der Waals surface area contributed by atoms with Gasteiger partial charge in [-0.05, 0) is 37.3 Å². The fourth-order valence-corrected chi connectivity index (χ4v) is 2.50. The third-order valence-electron chi connectivity index (χ3n) is 4.18. The van der Waals surface area contributed by atoms with Gasteiger partial charge in [0.15, 0.2) is 9.84 Å². The van der Waals surface area contributed by atoms with E-state index < -0.39 is 20.6 Å². The van der Waals surface area contributed by atoms with E-state index in [0.717, 1.165) is 12.0 Å². The van der Waals surface area contributed by atoms with Crippen LogP contribution < -0.4 is 5.73 Å². The molecule has 0 aromatic heterocycles. The molecule has 0 radical (unpaired) electrons. The Labute approximate surface area is 117 Å². The zero-order chi connectivity index (χ0) is 14.8. The highest BCUT2D eigenvalue weighted by Gasteiger charge is 2.37. The maximum Gasteiger partial charge on any atom is 0.154 e. The van der Waals surface area contributed by atoms with E-state index >= 15 is 0 Å². The first-order valence-electron chi connectivity index (χ1n) is 6.66. The normalized spacial score (nSPS) is 16.1. The Morgan fingerprint density at radius 1 is 1.16 bits per heavy atom. The molecule has 1 aromatic rings. The van der Waals surface area contributed by atoms with Crippen LogP contribution in [0.5, 0.6) is 0 Å². The lowest BCUT2D eigenvalue weighted by molar-refractivity contribution is 0.496. The van der Waals surface area contributed by atoms with Crippen molar-refractivity contribution in [3.05, 3.63) is 35.4 Å². The third kappa shape index (κ3) is 3.37. The Balaban J connectivity index is 3.05. The second-order valence-electron chi connectivity index (χ2n) is 5.83. The molecule has 0 aliphatic rings. The van der Waals surface area contributed by atoms with Crippen LogP contribution in [0.3, 0.4) is 0 Å². The highest BCUT2D eigenvalue weighted by molar-refractivity contribution is 7.92. The number of sulfone groups is 1. The summed E-state index contributed by atoms with van der Waals surface area (Å²) >= 11 is 0. The Hall–Kier alpha value is -0.870. The van der Waals surface area contributed by atoms with Crippen LogP contribution >= 0.6 is 0 Å². The minimum Gasteiger partial charge on any atom is -0.323 e. The predicted octanol–water partition coefficient (Wildman–Crippen LogP) is 3.02. The SMILES string of the molecule is CCC(C)c1ccc(C(N)C(C)(C)S(C)(=O)=O)cc1. The molecule has 0 saturated heterocycles. The van der Waals surface area contributed by atoms with Crippen molar-refractivity contribution in [3.63, 3.8) is 0 Å². The number of hydrogen-bond donors (Lipinski definition) is 1. The molecule has 108 valence electrons. The van der Waals surface area contributed by atoms with Crippen molar-refractivity contribution in [1.82, 2.24) is 0 Å². The predicted molar refractivity (Wildman–Crippen MR) is 81.0 cm³/mol. The molecular formula is C15H25NO2S. The minimum absolute atomic E-state index is 0.508. The van der Waals surface area contributed by atoms with E-state index in [9.17, 15) is 8.42 Å². The Morgan fingerprint density at radius 2 is 1.58 bits per heavy atom. The van der Waals surface area contributed by atoms with E-state index in [1.807, 2.05) is 24.3 Å². The average molecular weight is 283 g/mol. The van der Waals surface area contributed by atoms with E-state index in [1.165, 1.54) is 11.8 Å². The van der Waals surface area contributed by atoms with Crippen LogP contribution in [0.1, 0.15) is 57.2 Å². The molecule has 1 aromatic carbocycles. The van der Waals surface area contributed by atoms with E-state index in [4.69, 9.17) is 5.73 Å². The maximum atomic E-state index is 11.8. The van der Waals surface area contributed by atoms with Gasteiger partial charge in [-0.1, -0.05) is 38.1 Å². The van der Waals surface area contributed by atoms with Crippen LogP contribution in [0.4, 0.5) is 0 Å². The van der Waals surface area contributed by atoms with Gasteiger partial charge < -0.3 is 5.73 Å². The van der Waals surface area contributed by atoms with Gasteiger partial charge in [0.1, 0.15) is 0 Å². The van der Waals surface area contributed by atoms with Crippen LogP contribution in [0.15, 0.2) is 24.3 Å². The number of hydrogen-bond acceptors (Lipinski definition) is 3. The molecule has 1 rings (SSSR count). The lowest BCUT2D eigenvalue weighted by Gasteiger charge is -2.30. The van der Waals surface area contributed by atoms with Gasteiger partial charge in [-0.15, -0.1) is 0 Å². The lowest BCUT2D eigenvalue weighted by atomic mass is 9.92. The fourth-order valence-electron chi connectivity index (χ4n) is 1.90. The van der Waals surface area contributed by atoms with Gasteiger partial charge in [0.2, 0.25) is 0 Å². The van der Waals surface area contributed by atoms with Crippen molar-refractivity contribution < 1.29 is 8.42 Å². The van der Waals surface area contributed by atoms with Gasteiger partial charge >= 0.3 is 0 Å². The molecule has 2 atom stereocenters. The summed E-state index contributed by atoms with van der Waals surface area (Å²) in [6, 6.07) is 7.45. The summed E-state index contributed by atoms with van der Waals surface area (Å²) in [6.45, 7) is 7.68. The Morgan fingerprint density at radius 3 is 1.95 bits per heavy atom. The number of benzene rings is 1. The fraction of sp³-hybridized carbons (Fsp3) is 0.600. The molecule has 0 aliphatic heterocycles. The van der Waals surface area contributed by atoms with Crippen molar-refractivity contribution >= 4 is 9.84 Å². The second-order valence-corrected chi connectivity index (χ2v) is 8.43. The summed E-state index contributed by atoms with van der Waals surface area (Å²) < 4.78 is 22.7. The van der Waals surface area contributed by atoms with Gasteiger partial charge in [0, 0.05) is 12.3 Å². The Kier molecular flexibility index (Phi) is 4.80. The molecule has 19 heavy (non-hydrogen) atoms. The van der Waals surface area contributed by atoms with Gasteiger partial charge in [-0.2, -0.15) is 0 Å². The van der Waals surface area contributed by atoms with E-state index in [2.05, 4.69) is 13.8 Å². The Bertz CT molecular complexity index is 518. The highest BCUT2D eigenvalue weighted by atomic mass is 32.2. The summed E-state index contributed by atoms with van der Waals surface area (Å²) in [5, 5.41) is 0. The van der Waals surface area contributed by atoms with Crippen LogP contribution in [-0.2, 0) is 9.84 Å². The highest BCUT2D eigenvalue weighted by Crippen LogP contribution is 2.31. The second kappa shape index (κ2) is 5.63. The molecule has 0 bridgehead atoms. The first-order chi connectivity index (χ1) is 8.61. The quantitative estimate of drug-likeness (QED) is 0.903. The number of rotatable bonds is 5. The molecule has 0 aliphatic carbocycles. The topological polar surface area (TPSA) is 60.2 Å². The van der Waals surface area contributed by atoms with Gasteiger partial charge in [-0.25, -0.2) is 8.42 Å². The summed E-state index contributed by atoms with van der Waals surface area (Å²) in [5.41, 5.74) is 8.26. The summed E-state index contributed by atoms with van der Waals surface area (Å²) in [4.78, 5) is 0. The smallest absolute Gasteiger partial charge is 0.154 e. The summed E-state index contributed by atoms with van der Waals surface area (Å²) in [6.07, 6.45) is 2.32. The van der Waals surface area contributed by atoms with Gasteiger partial charge in [-0.3, -0.25) is 0 Å². The molecule has 2 N–H and O–H groups in total. The monoisotopic (exact) mass is 283 g/mol. The van der Waals surface area contributed by atoms with Gasteiger partial charge in [0.25, 0.3) is 0 Å². The largest absolute Gasteiger partial charge is 0.323 e. The van der Waals surface area contributed by atoms with Crippen molar-refractivity contribution in [2.24, 2.45) is 5.73 Å². The molecule has 0 saturated carbocycles. The minimum atomic E-state index is -3.21. The summed E-state index contributed by atoms with van der Waals surface area (Å²) in [5.74, 6) is 0.508. The van der Waals surface area contributed by atoms with Crippen molar-refractivity contribution in [1.29, 1.82) is 0 Å². The molecular weight excluding hydrogens is 258 g/mol. The van der Waals surface area contributed by atoms with Gasteiger partial charge in [0.05, 0.1) is 4.75 Å². The lowest BCUT2D eigenvalue weighted by Crippen LogP contribution is -2.42.